The minimum atomic E-state index is -0.419. The Morgan fingerprint density at radius 1 is 0.931 bits per heavy atom. The van der Waals surface area contributed by atoms with E-state index in [1.54, 1.807) is 0 Å². The van der Waals surface area contributed by atoms with Crippen LogP contribution < -0.4 is 10.1 Å². The third-order valence-corrected chi connectivity index (χ3v) is 4.53. The molecule has 0 aliphatic heterocycles. The van der Waals surface area contributed by atoms with E-state index >= 15 is 0 Å². The summed E-state index contributed by atoms with van der Waals surface area (Å²) in [5, 5.41) is 2.71. The number of rotatable bonds is 13. The monoisotopic (exact) mass is 395 g/mol. The van der Waals surface area contributed by atoms with Gasteiger partial charge in [0.15, 0.2) is 0 Å². The smallest absolute Gasteiger partial charge is 0.407 e. The van der Waals surface area contributed by atoms with Crippen LogP contribution in [0, 0.1) is 0 Å². The molecule has 4 nitrogen and oxygen atoms in total. The van der Waals surface area contributed by atoms with Crippen molar-refractivity contribution in [2.45, 2.75) is 52.1 Å². The molecule has 1 amide bonds. The van der Waals surface area contributed by atoms with Gasteiger partial charge in [-0.25, -0.2) is 4.79 Å². The molecule has 4 heteroatoms. The first-order valence-corrected chi connectivity index (χ1v) is 10.6. The molecule has 0 aliphatic carbocycles. The Kier molecular flexibility index (Phi) is 11.1. The summed E-state index contributed by atoms with van der Waals surface area (Å²) in [5.41, 5.74) is 2.04. The third kappa shape index (κ3) is 10.4. The van der Waals surface area contributed by atoms with Crippen molar-refractivity contribution >= 4 is 12.2 Å². The van der Waals surface area contributed by atoms with Crippen molar-refractivity contribution in [3.63, 3.8) is 0 Å². The summed E-state index contributed by atoms with van der Waals surface area (Å²) in [6, 6.07) is 17.6. The molecule has 0 saturated heterocycles. The number of benzene rings is 2. The zero-order valence-electron chi connectivity index (χ0n) is 17.4. The predicted molar refractivity (Wildman–Crippen MR) is 119 cm³/mol. The summed E-state index contributed by atoms with van der Waals surface area (Å²) < 4.78 is 11.0. The lowest BCUT2D eigenvalue weighted by Gasteiger charge is -2.06. The van der Waals surface area contributed by atoms with Crippen molar-refractivity contribution in [1.82, 2.24) is 5.32 Å². The number of nitrogens with one attached hydrogen (secondary N) is 1. The Hall–Kier alpha value is -2.75. The van der Waals surface area contributed by atoms with E-state index in [2.05, 4.69) is 12.2 Å². The molecule has 0 bridgehead atoms. The molecule has 2 aromatic rings. The average molecular weight is 396 g/mol. The predicted octanol–water partition coefficient (Wildman–Crippen LogP) is 6.37. The maximum Gasteiger partial charge on any atom is 0.407 e. The number of unbranched alkanes of at least 4 members (excludes halogenated alkanes) is 5. The highest BCUT2D eigenvalue weighted by molar-refractivity contribution is 5.67. The lowest BCUT2D eigenvalue weighted by molar-refractivity contribution is 0.141. The SMILES string of the molecule is CCCCCCCCOc1ccc(C=CCNC(=O)OCc2ccccc2)cc1. The molecular weight excluding hydrogens is 362 g/mol. The third-order valence-electron chi connectivity index (χ3n) is 4.53. The van der Waals surface area contributed by atoms with Crippen LogP contribution in [-0.4, -0.2) is 19.2 Å². The molecule has 0 unspecified atom stereocenters. The van der Waals surface area contributed by atoms with E-state index in [4.69, 9.17) is 9.47 Å². The summed E-state index contributed by atoms with van der Waals surface area (Å²) in [5.74, 6) is 0.901. The second-order valence-electron chi connectivity index (χ2n) is 7.03. The largest absolute Gasteiger partial charge is 0.494 e. The molecule has 0 atom stereocenters. The Bertz CT molecular complexity index is 711. The first kappa shape index (κ1) is 22.5. The van der Waals surface area contributed by atoms with E-state index in [1.807, 2.05) is 66.7 Å². The number of alkyl carbamates (subject to hydrolysis) is 1. The van der Waals surface area contributed by atoms with Crippen LogP contribution in [0.4, 0.5) is 4.79 Å². The Balaban J connectivity index is 1.57. The number of hydrogen-bond acceptors (Lipinski definition) is 3. The van der Waals surface area contributed by atoms with Crippen LogP contribution in [0.2, 0.25) is 0 Å². The highest BCUT2D eigenvalue weighted by Crippen LogP contribution is 2.14. The number of hydrogen-bond donors (Lipinski definition) is 1. The fourth-order valence-corrected chi connectivity index (χ4v) is 2.86. The molecule has 0 spiro atoms. The van der Waals surface area contributed by atoms with Gasteiger partial charge in [0.2, 0.25) is 0 Å². The highest BCUT2D eigenvalue weighted by atomic mass is 16.5. The van der Waals surface area contributed by atoms with E-state index in [9.17, 15) is 4.79 Å². The molecule has 2 rings (SSSR count). The first-order valence-electron chi connectivity index (χ1n) is 10.6. The van der Waals surface area contributed by atoms with Gasteiger partial charge in [0.25, 0.3) is 0 Å². The van der Waals surface area contributed by atoms with Gasteiger partial charge in [-0.15, -0.1) is 0 Å². The van der Waals surface area contributed by atoms with Crippen LogP contribution in [0.5, 0.6) is 5.75 Å². The van der Waals surface area contributed by atoms with Gasteiger partial charge in [-0.3, -0.25) is 0 Å². The lowest BCUT2D eigenvalue weighted by Crippen LogP contribution is -2.24. The average Bonchev–Trinajstić information content (AvgIpc) is 2.76. The van der Waals surface area contributed by atoms with Crippen molar-refractivity contribution in [2.24, 2.45) is 0 Å². The zero-order valence-corrected chi connectivity index (χ0v) is 17.4. The normalized spacial score (nSPS) is 10.8. The number of carbonyl (C=O) groups excluding carboxylic acids is 1. The fourth-order valence-electron chi connectivity index (χ4n) is 2.86. The fraction of sp³-hybridized carbons (Fsp3) is 0.400. The lowest BCUT2D eigenvalue weighted by atomic mass is 10.1. The van der Waals surface area contributed by atoms with Gasteiger partial charge in [0.05, 0.1) is 6.61 Å². The molecule has 1 N–H and O–H groups in total. The van der Waals surface area contributed by atoms with E-state index in [1.165, 1.54) is 32.1 Å². The van der Waals surface area contributed by atoms with Crippen LogP contribution in [0.1, 0.15) is 56.6 Å². The minimum absolute atomic E-state index is 0.274. The number of amides is 1. The minimum Gasteiger partial charge on any atom is -0.494 e. The molecule has 0 aromatic heterocycles. The molecular formula is C25H33NO3. The Morgan fingerprint density at radius 2 is 1.66 bits per heavy atom. The summed E-state index contributed by atoms with van der Waals surface area (Å²) >= 11 is 0. The van der Waals surface area contributed by atoms with E-state index < -0.39 is 6.09 Å². The van der Waals surface area contributed by atoms with Crippen LogP contribution >= 0.6 is 0 Å². The summed E-state index contributed by atoms with van der Waals surface area (Å²) in [6.07, 6.45) is 11.0. The van der Waals surface area contributed by atoms with E-state index in [0.717, 1.165) is 29.9 Å². The molecule has 0 saturated carbocycles. The van der Waals surface area contributed by atoms with Gasteiger partial charge < -0.3 is 14.8 Å². The summed E-state index contributed by atoms with van der Waals surface area (Å²) in [4.78, 5) is 11.7. The van der Waals surface area contributed by atoms with Crippen molar-refractivity contribution < 1.29 is 14.3 Å². The van der Waals surface area contributed by atoms with Gasteiger partial charge in [0, 0.05) is 6.54 Å². The molecule has 0 heterocycles. The first-order chi connectivity index (χ1) is 14.3. The molecule has 2 aromatic carbocycles. The molecule has 0 radical (unpaired) electrons. The maximum absolute atomic E-state index is 11.7. The standard InChI is InChI=1S/C25H33NO3/c1-2-3-4-5-6-10-20-28-24-17-15-22(16-18-24)14-11-19-26-25(27)29-21-23-12-8-7-9-13-23/h7-9,11-18H,2-6,10,19-21H2,1H3,(H,26,27). The van der Waals surface area contributed by atoms with Gasteiger partial charge in [-0.1, -0.05) is 93.6 Å². The summed E-state index contributed by atoms with van der Waals surface area (Å²) in [7, 11) is 0. The Labute approximate surface area is 174 Å². The number of carbonyl (C=O) groups is 1. The van der Waals surface area contributed by atoms with Crippen LogP contribution in [0.15, 0.2) is 60.7 Å². The Morgan fingerprint density at radius 3 is 2.41 bits per heavy atom. The highest BCUT2D eigenvalue weighted by Gasteiger charge is 2.00. The maximum atomic E-state index is 11.7. The van der Waals surface area contributed by atoms with Crippen LogP contribution in [-0.2, 0) is 11.3 Å². The molecule has 0 fully saturated rings. The van der Waals surface area contributed by atoms with Crippen molar-refractivity contribution in [1.29, 1.82) is 0 Å². The second kappa shape index (κ2) is 14.3. The van der Waals surface area contributed by atoms with Crippen molar-refractivity contribution in [3.8, 4) is 5.75 Å². The molecule has 0 aliphatic rings. The topological polar surface area (TPSA) is 47.6 Å². The number of ether oxygens (including phenoxy) is 2. The van der Waals surface area contributed by atoms with Gasteiger partial charge >= 0.3 is 6.09 Å². The van der Waals surface area contributed by atoms with Gasteiger partial charge in [-0.2, -0.15) is 0 Å². The van der Waals surface area contributed by atoms with Gasteiger partial charge in [-0.05, 0) is 29.7 Å². The molecule has 156 valence electrons. The quantitative estimate of drug-likeness (QED) is 0.401. The van der Waals surface area contributed by atoms with Crippen molar-refractivity contribution in [2.75, 3.05) is 13.2 Å². The molecule has 29 heavy (non-hydrogen) atoms. The van der Waals surface area contributed by atoms with Crippen LogP contribution in [0.25, 0.3) is 6.08 Å². The van der Waals surface area contributed by atoms with E-state index in [0.29, 0.717) is 6.54 Å². The summed E-state index contributed by atoms with van der Waals surface area (Å²) in [6.45, 7) is 3.70. The van der Waals surface area contributed by atoms with Crippen LogP contribution in [0.3, 0.4) is 0 Å². The zero-order chi connectivity index (χ0) is 20.6. The second-order valence-corrected chi connectivity index (χ2v) is 7.03. The van der Waals surface area contributed by atoms with Crippen molar-refractivity contribution in [3.05, 3.63) is 71.8 Å². The van der Waals surface area contributed by atoms with E-state index in [-0.39, 0.29) is 6.61 Å². The van der Waals surface area contributed by atoms with Gasteiger partial charge in [0.1, 0.15) is 12.4 Å².